The lowest BCUT2D eigenvalue weighted by atomic mass is 9.91. The summed E-state index contributed by atoms with van der Waals surface area (Å²) >= 11 is 0. The minimum Gasteiger partial charge on any atom is -0.345 e. The highest BCUT2D eigenvalue weighted by Crippen LogP contribution is 2.50. The first-order valence-electron chi connectivity index (χ1n) is 11.2. The van der Waals surface area contributed by atoms with E-state index in [2.05, 4.69) is 46.6 Å². The lowest BCUT2D eigenvalue weighted by Gasteiger charge is -2.32. The van der Waals surface area contributed by atoms with Crippen LogP contribution in [0.2, 0.25) is 0 Å². The molecule has 2 atom stereocenters. The number of carbonyl (C=O) groups excluding carboxylic acids is 1. The summed E-state index contributed by atoms with van der Waals surface area (Å²) in [7, 11) is 1.96. The molecule has 1 aliphatic carbocycles. The summed E-state index contributed by atoms with van der Waals surface area (Å²) in [4.78, 5) is 23.1. The number of aromatic nitrogens is 2. The van der Waals surface area contributed by atoms with Gasteiger partial charge >= 0.3 is 0 Å². The number of hydrogen-bond acceptors (Lipinski definition) is 4. The first-order chi connectivity index (χ1) is 15.1. The molecule has 3 heterocycles. The fraction of sp³-hybridized carbons (Fsp3) is 0.360. The van der Waals surface area contributed by atoms with E-state index in [0.717, 1.165) is 28.0 Å². The number of rotatable bonds is 3. The monoisotopic (exact) mass is 415 g/mol. The first-order valence-corrected chi connectivity index (χ1v) is 11.2. The maximum Gasteiger partial charge on any atom is 0.276 e. The summed E-state index contributed by atoms with van der Waals surface area (Å²) in [5.41, 5.74) is 10.7. The molecule has 6 nitrogen and oxygen atoms in total. The van der Waals surface area contributed by atoms with E-state index in [0.29, 0.717) is 5.92 Å². The van der Waals surface area contributed by atoms with Gasteiger partial charge in [0.05, 0.1) is 29.4 Å². The van der Waals surface area contributed by atoms with Crippen molar-refractivity contribution in [3.05, 3.63) is 71.2 Å². The van der Waals surface area contributed by atoms with Gasteiger partial charge in [0.1, 0.15) is 5.70 Å². The molecule has 3 aliphatic rings. The van der Waals surface area contributed by atoms with Crippen molar-refractivity contribution in [1.29, 1.82) is 0 Å². The number of nitrogens with one attached hydrogen (secondary N) is 2. The zero-order valence-corrected chi connectivity index (χ0v) is 18.5. The number of aromatic amines is 1. The molecule has 1 fully saturated rings. The van der Waals surface area contributed by atoms with E-state index in [-0.39, 0.29) is 18.0 Å². The predicted molar refractivity (Wildman–Crippen MR) is 123 cm³/mol. The van der Waals surface area contributed by atoms with Gasteiger partial charge < -0.3 is 9.99 Å². The highest BCUT2D eigenvalue weighted by atomic mass is 16.2. The van der Waals surface area contributed by atoms with Crippen LogP contribution < -0.4 is 10.3 Å². The van der Waals surface area contributed by atoms with Gasteiger partial charge in [-0.2, -0.15) is 0 Å². The molecule has 0 radical (unpaired) electrons. The standard InChI is InChI=1S/C23H23N5O.C2H6/c1-13-3-5-15(6-4-13)21-19-20(14-7-8-14)26-27(2)22(19)23(29)28(21)16-9-10-17-18(11-16)25-12-24-17;1-2/h3-6,9-12,14,20-21,26H,7-8H2,1-2H3,(H,24,25);1-2H3. The Bertz CT molecular complexity index is 1160. The van der Waals surface area contributed by atoms with Gasteiger partial charge in [0.15, 0.2) is 0 Å². The van der Waals surface area contributed by atoms with Gasteiger partial charge in [-0.1, -0.05) is 43.7 Å². The quantitative estimate of drug-likeness (QED) is 0.663. The summed E-state index contributed by atoms with van der Waals surface area (Å²) in [5.74, 6) is 0.670. The smallest absolute Gasteiger partial charge is 0.276 e. The number of hydrogen-bond donors (Lipinski definition) is 2. The van der Waals surface area contributed by atoms with Crippen molar-refractivity contribution < 1.29 is 4.79 Å². The molecule has 160 valence electrons. The van der Waals surface area contributed by atoms with Gasteiger partial charge in [0.25, 0.3) is 5.91 Å². The fourth-order valence-corrected chi connectivity index (χ4v) is 4.83. The van der Waals surface area contributed by atoms with Crippen molar-refractivity contribution in [3.8, 4) is 0 Å². The topological polar surface area (TPSA) is 64.3 Å². The molecule has 2 aliphatic heterocycles. The van der Waals surface area contributed by atoms with Crippen LogP contribution in [0.1, 0.15) is 43.9 Å². The first kappa shape index (κ1) is 19.8. The Morgan fingerprint density at radius 3 is 2.52 bits per heavy atom. The molecule has 3 aromatic rings. The number of anilines is 1. The van der Waals surface area contributed by atoms with Crippen LogP contribution in [0.3, 0.4) is 0 Å². The molecule has 6 heteroatoms. The van der Waals surface area contributed by atoms with Crippen LogP contribution >= 0.6 is 0 Å². The number of likely N-dealkylation sites (N-methyl/N-ethyl adjacent to an activating group) is 1. The summed E-state index contributed by atoms with van der Waals surface area (Å²) < 4.78 is 0. The minimum atomic E-state index is -0.0958. The molecular formula is C25H29N5O. The molecule has 0 bridgehead atoms. The van der Waals surface area contributed by atoms with Gasteiger partial charge in [0.2, 0.25) is 0 Å². The SMILES string of the molecule is CC.Cc1ccc(C2C3=C(C(=O)N2c2ccc4nc[nH]c4c2)N(C)NC3C2CC2)cc1. The van der Waals surface area contributed by atoms with Crippen molar-refractivity contribution in [2.75, 3.05) is 11.9 Å². The van der Waals surface area contributed by atoms with Crippen molar-refractivity contribution in [2.24, 2.45) is 5.92 Å². The second-order valence-corrected chi connectivity index (χ2v) is 8.40. The minimum absolute atomic E-state index is 0.0580. The van der Waals surface area contributed by atoms with Gasteiger partial charge in [-0.25, -0.2) is 10.4 Å². The van der Waals surface area contributed by atoms with E-state index in [9.17, 15) is 4.79 Å². The number of amides is 1. The third kappa shape index (κ3) is 3.13. The van der Waals surface area contributed by atoms with Crippen LogP contribution in [0, 0.1) is 12.8 Å². The second-order valence-electron chi connectivity index (χ2n) is 8.40. The largest absolute Gasteiger partial charge is 0.345 e. The van der Waals surface area contributed by atoms with Gasteiger partial charge in [-0.15, -0.1) is 0 Å². The average molecular weight is 416 g/mol. The van der Waals surface area contributed by atoms with E-state index in [4.69, 9.17) is 0 Å². The predicted octanol–water partition coefficient (Wildman–Crippen LogP) is 4.47. The van der Waals surface area contributed by atoms with E-state index >= 15 is 0 Å². The maximum absolute atomic E-state index is 13.7. The molecule has 6 rings (SSSR count). The molecular weight excluding hydrogens is 386 g/mol. The Balaban J connectivity index is 0.000000994. The lowest BCUT2D eigenvalue weighted by Crippen LogP contribution is -2.44. The molecule has 0 spiro atoms. The molecule has 31 heavy (non-hydrogen) atoms. The number of hydrazine groups is 1. The van der Waals surface area contributed by atoms with E-state index in [1.807, 2.05) is 49.0 Å². The van der Waals surface area contributed by atoms with Crippen molar-refractivity contribution >= 4 is 22.6 Å². The van der Waals surface area contributed by atoms with Gasteiger partial charge in [-0.05, 0) is 49.4 Å². The molecule has 2 N–H and O–H groups in total. The third-order valence-corrected chi connectivity index (χ3v) is 6.42. The Morgan fingerprint density at radius 2 is 1.81 bits per heavy atom. The van der Waals surface area contributed by atoms with Crippen LogP contribution in [0.15, 0.2) is 60.1 Å². The number of imidazole rings is 1. The molecule has 2 unspecified atom stereocenters. The number of H-pyrrole nitrogens is 1. The summed E-state index contributed by atoms with van der Waals surface area (Å²) in [5, 5.41) is 1.94. The number of nitrogens with zero attached hydrogens (tertiary/aromatic N) is 3. The van der Waals surface area contributed by atoms with Crippen molar-refractivity contribution in [3.63, 3.8) is 0 Å². The normalized spacial score (nSPS) is 22.8. The number of benzene rings is 2. The molecule has 0 saturated heterocycles. The van der Waals surface area contributed by atoms with E-state index in [1.165, 1.54) is 24.0 Å². The Morgan fingerprint density at radius 1 is 1.06 bits per heavy atom. The summed E-state index contributed by atoms with van der Waals surface area (Å²) in [6.07, 6.45) is 4.13. The lowest BCUT2D eigenvalue weighted by molar-refractivity contribution is -0.116. The van der Waals surface area contributed by atoms with Gasteiger partial charge in [0, 0.05) is 18.3 Å². The highest BCUT2D eigenvalue weighted by Gasteiger charge is 2.52. The summed E-state index contributed by atoms with van der Waals surface area (Å²) in [6, 6.07) is 14.7. The number of fused-ring (bicyclic) bond motifs is 1. The Kier molecular flexibility index (Phi) is 4.82. The van der Waals surface area contributed by atoms with Gasteiger partial charge in [-0.3, -0.25) is 9.69 Å². The Labute approximate surface area is 182 Å². The maximum atomic E-state index is 13.7. The van der Waals surface area contributed by atoms with E-state index < -0.39 is 0 Å². The number of aryl methyl sites for hydroxylation is 1. The molecule has 1 aromatic heterocycles. The second kappa shape index (κ2) is 7.54. The summed E-state index contributed by atoms with van der Waals surface area (Å²) in [6.45, 7) is 6.09. The highest BCUT2D eigenvalue weighted by molar-refractivity contribution is 6.11. The van der Waals surface area contributed by atoms with Crippen LogP contribution in [0.4, 0.5) is 5.69 Å². The molecule has 1 amide bonds. The molecule has 1 saturated carbocycles. The number of carbonyl (C=O) groups is 1. The van der Waals surface area contributed by atoms with Crippen LogP contribution in [-0.4, -0.2) is 34.0 Å². The van der Waals surface area contributed by atoms with Crippen LogP contribution in [0.5, 0.6) is 0 Å². The molecule has 2 aromatic carbocycles. The van der Waals surface area contributed by atoms with Crippen LogP contribution in [-0.2, 0) is 4.79 Å². The third-order valence-electron chi connectivity index (χ3n) is 6.42. The fourth-order valence-electron chi connectivity index (χ4n) is 4.83. The van der Waals surface area contributed by atoms with Crippen LogP contribution in [0.25, 0.3) is 11.0 Å². The van der Waals surface area contributed by atoms with E-state index in [1.54, 1.807) is 6.33 Å². The average Bonchev–Trinajstić information content (AvgIpc) is 3.30. The Hall–Kier alpha value is -3.12. The zero-order chi connectivity index (χ0) is 21.7. The van der Waals surface area contributed by atoms with Crippen molar-refractivity contribution in [1.82, 2.24) is 20.4 Å². The zero-order valence-electron chi connectivity index (χ0n) is 18.5. The van der Waals surface area contributed by atoms with Crippen molar-refractivity contribution in [2.45, 2.75) is 45.7 Å².